The lowest BCUT2D eigenvalue weighted by Crippen LogP contribution is -1.86. The highest BCUT2D eigenvalue weighted by Crippen LogP contribution is 2.18. The van der Waals surface area contributed by atoms with Crippen molar-refractivity contribution in [2.24, 2.45) is 0 Å². The van der Waals surface area contributed by atoms with Crippen LogP contribution in [0.4, 0.5) is 5.69 Å². The summed E-state index contributed by atoms with van der Waals surface area (Å²) in [6.45, 7) is 1.52. The molecule has 0 unspecified atom stereocenters. The average molecular weight is 240 g/mol. The number of carbonyl (C=O) groups excluding carboxylic acids is 1. The smallest absolute Gasteiger partial charge is 0.186 e. The van der Waals surface area contributed by atoms with Gasteiger partial charge in [-0.1, -0.05) is 35.2 Å². The Labute approximate surface area is 98.2 Å². The van der Waals surface area contributed by atoms with Crippen LogP contribution in [-0.4, -0.2) is 10.9 Å². The van der Waals surface area contributed by atoms with Gasteiger partial charge in [-0.2, -0.15) is 0 Å². The third kappa shape index (κ3) is 4.28. The zero-order valence-electron chi connectivity index (χ0n) is 8.21. The van der Waals surface area contributed by atoms with Crippen molar-refractivity contribution in [3.8, 4) is 11.8 Å². The van der Waals surface area contributed by atoms with Crippen LogP contribution < -0.4 is 5.73 Å². The first-order valence-electron chi connectivity index (χ1n) is 4.27. The lowest BCUT2D eigenvalue weighted by molar-refractivity contribution is -0.109. The minimum atomic E-state index is 0.0691. The molecule has 1 aromatic carbocycles. The van der Waals surface area contributed by atoms with Gasteiger partial charge in [0.05, 0.1) is 16.5 Å². The maximum absolute atomic E-state index is 10.6. The maximum Gasteiger partial charge on any atom is 0.186 e. The van der Waals surface area contributed by atoms with Gasteiger partial charge in [-0.25, -0.2) is 0 Å². The number of benzene rings is 1. The van der Waals surface area contributed by atoms with E-state index in [0.717, 1.165) is 5.56 Å². The molecule has 4 heteroatoms. The van der Waals surface area contributed by atoms with E-state index in [9.17, 15) is 4.79 Å². The first-order chi connectivity index (χ1) is 7.09. The summed E-state index contributed by atoms with van der Waals surface area (Å²) < 4.78 is 0. The summed E-state index contributed by atoms with van der Waals surface area (Å²) in [7, 11) is 0. The van der Waals surface area contributed by atoms with Gasteiger partial charge in [0.1, 0.15) is 0 Å². The summed E-state index contributed by atoms with van der Waals surface area (Å²) in [5.74, 6) is 6.27. The van der Waals surface area contributed by atoms with Gasteiger partial charge >= 0.3 is 0 Å². The van der Waals surface area contributed by atoms with Crippen LogP contribution in [0.2, 0.25) is 5.02 Å². The van der Waals surface area contributed by atoms with E-state index in [1.165, 1.54) is 18.7 Å². The normalized spacial score (nSPS) is 9.20. The summed E-state index contributed by atoms with van der Waals surface area (Å²) in [6, 6.07) is 5.22. The lowest BCUT2D eigenvalue weighted by Gasteiger charge is -1.96. The first-order valence-corrected chi connectivity index (χ1v) is 5.63. The monoisotopic (exact) mass is 239 g/mol. The van der Waals surface area contributed by atoms with Gasteiger partial charge in [-0.05, 0) is 18.2 Å². The van der Waals surface area contributed by atoms with Crippen LogP contribution in [0.3, 0.4) is 0 Å². The van der Waals surface area contributed by atoms with E-state index in [1.807, 2.05) is 0 Å². The molecule has 0 aromatic heterocycles. The number of nitrogen functional groups attached to an aromatic ring is 1. The Balaban J connectivity index is 2.64. The van der Waals surface area contributed by atoms with E-state index >= 15 is 0 Å². The number of thioether (sulfide) groups is 1. The third-order valence-corrected chi connectivity index (χ3v) is 2.60. The number of carbonyl (C=O) groups is 1. The molecule has 0 saturated heterocycles. The van der Waals surface area contributed by atoms with Crippen LogP contribution in [0.15, 0.2) is 18.2 Å². The van der Waals surface area contributed by atoms with Gasteiger partial charge < -0.3 is 5.73 Å². The molecule has 0 amide bonds. The number of halogens is 1. The van der Waals surface area contributed by atoms with E-state index in [1.54, 1.807) is 18.2 Å². The minimum Gasteiger partial charge on any atom is -0.398 e. The van der Waals surface area contributed by atoms with Crippen molar-refractivity contribution in [2.75, 3.05) is 11.5 Å². The van der Waals surface area contributed by atoms with Crippen molar-refractivity contribution in [3.05, 3.63) is 28.8 Å². The number of anilines is 1. The number of rotatable bonds is 1. The van der Waals surface area contributed by atoms with Crippen LogP contribution in [-0.2, 0) is 4.79 Å². The molecule has 0 radical (unpaired) electrons. The van der Waals surface area contributed by atoms with Crippen molar-refractivity contribution in [1.82, 2.24) is 0 Å². The zero-order valence-corrected chi connectivity index (χ0v) is 9.78. The van der Waals surface area contributed by atoms with Gasteiger partial charge in [0.15, 0.2) is 5.12 Å². The average Bonchev–Trinajstić information content (AvgIpc) is 2.18. The fourth-order valence-electron chi connectivity index (χ4n) is 0.881. The van der Waals surface area contributed by atoms with Crippen LogP contribution >= 0.6 is 23.4 Å². The highest BCUT2D eigenvalue weighted by molar-refractivity contribution is 8.13. The highest BCUT2D eigenvalue weighted by Gasteiger charge is 1.95. The van der Waals surface area contributed by atoms with Crippen molar-refractivity contribution < 1.29 is 4.79 Å². The van der Waals surface area contributed by atoms with E-state index in [-0.39, 0.29) is 5.12 Å². The van der Waals surface area contributed by atoms with Crippen LogP contribution in [0.5, 0.6) is 0 Å². The fraction of sp³-hybridized carbons (Fsp3) is 0.182. The molecule has 0 saturated carbocycles. The standard InChI is InChI=1S/C11H10ClNOS/c1-8(14)15-6-2-3-9-4-5-11(13)10(12)7-9/h4-5,7H,6,13H2,1H3. The second-order valence-electron chi connectivity index (χ2n) is 2.82. The van der Waals surface area contributed by atoms with Gasteiger partial charge in [0.25, 0.3) is 0 Å². The summed E-state index contributed by atoms with van der Waals surface area (Å²) >= 11 is 7.01. The SMILES string of the molecule is CC(=O)SCC#Cc1ccc(N)c(Cl)c1. The molecule has 2 N–H and O–H groups in total. The quantitative estimate of drug-likeness (QED) is 0.605. The van der Waals surface area contributed by atoms with E-state index in [4.69, 9.17) is 17.3 Å². The second kappa shape index (κ2) is 5.69. The number of nitrogens with two attached hydrogens (primary N) is 1. The summed E-state index contributed by atoms with van der Waals surface area (Å²) in [6.07, 6.45) is 0. The summed E-state index contributed by atoms with van der Waals surface area (Å²) in [4.78, 5) is 10.6. The molecule has 0 atom stereocenters. The lowest BCUT2D eigenvalue weighted by atomic mass is 10.2. The molecule has 15 heavy (non-hydrogen) atoms. The Hall–Kier alpha value is -1.11. The van der Waals surface area contributed by atoms with Gasteiger partial charge in [-0.3, -0.25) is 4.79 Å². The molecule has 0 bridgehead atoms. The van der Waals surface area contributed by atoms with Crippen molar-refractivity contribution in [1.29, 1.82) is 0 Å². The Morgan fingerprint density at radius 3 is 2.93 bits per heavy atom. The maximum atomic E-state index is 10.6. The van der Waals surface area contributed by atoms with Gasteiger partial charge in [-0.15, -0.1) is 0 Å². The fourth-order valence-corrected chi connectivity index (χ4v) is 1.41. The third-order valence-electron chi connectivity index (χ3n) is 1.58. The molecule has 0 aliphatic rings. The molecule has 0 heterocycles. The Morgan fingerprint density at radius 2 is 2.33 bits per heavy atom. The zero-order chi connectivity index (χ0) is 11.3. The topological polar surface area (TPSA) is 43.1 Å². The Bertz CT molecular complexity index is 434. The molecule has 78 valence electrons. The Kier molecular flexibility index (Phi) is 4.54. The molecule has 1 aromatic rings. The predicted octanol–water partition coefficient (Wildman–Crippen LogP) is 2.55. The minimum absolute atomic E-state index is 0.0691. The molecular weight excluding hydrogens is 230 g/mol. The molecule has 0 fully saturated rings. The van der Waals surface area contributed by atoms with Crippen molar-refractivity contribution in [2.45, 2.75) is 6.92 Å². The largest absolute Gasteiger partial charge is 0.398 e. The van der Waals surface area contributed by atoms with E-state index in [0.29, 0.717) is 16.5 Å². The van der Waals surface area contributed by atoms with Crippen LogP contribution in [0.25, 0.3) is 0 Å². The van der Waals surface area contributed by atoms with Gasteiger partial charge in [0.2, 0.25) is 0 Å². The predicted molar refractivity (Wildman–Crippen MR) is 65.9 cm³/mol. The van der Waals surface area contributed by atoms with E-state index < -0.39 is 0 Å². The highest BCUT2D eigenvalue weighted by atomic mass is 35.5. The van der Waals surface area contributed by atoms with Crippen molar-refractivity contribution in [3.63, 3.8) is 0 Å². The number of hydrogen-bond donors (Lipinski definition) is 1. The molecule has 0 spiro atoms. The number of hydrogen-bond acceptors (Lipinski definition) is 3. The molecular formula is C11H10ClNOS. The van der Waals surface area contributed by atoms with Crippen LogP contribution in [0.1, 0.15) is 12.5 Å². The van der Waals surface area contributed by atoms with Gasteiger partial charge in [0, 0.05) is 12.5 Å². The molecule has 2 nitrogen and oxygen atoms in total. The molecule has 1 rings (SSSR count). The summed E-state index contributed by atoms with van der Waals surface area (Å²) in [5.41, 5.74) is 6.90. The second-order valence-corrected chi connectivity index (χ2v) is 4.38. The van der Waals surface area contributed by atoms with Crippen molar-refractivity contribution >= 4 is 34.2 Å². The molecule has 0 aliphatic carbocycles. The van der Waals surface area contributed by atoms with Crippen LogP contribution in [0, 0.1) is 11.8 Å². The molecule has 0 aliphatic heterocycles. The first kappa shape index (κ1) is 12.0. The summed E-state index contributed by atoms with van der Waals surface area (Å²) in [5, 5.41) is 0.570. The van der Waals surface area contributed by atoms with E-state index in [2.05, 4.69) is 11.8 Å². The Morgan fingerprint density at radius 1 is 1.60 bits per heavy atom.